The fourth-order valence-corrected chi connectivity index (χ4v) is 2.35. The Hall–Kier alpha value is -2.47. The van der Waals surface area contributed by atoms with Crippen molar-refractivity contribution in [3.63, 3.8) is 0 Å². The molecular formula is C16H15NO4S. The maximum absolute atomic E-state index is 9.60. The van der Waals surface area contributed by atoms with Gasteiger partial charge < -0.3 is 24.6 Å². The van der Waals surface area contributed by atoms with Crippen LogP contribution in [0.2, 0.25) is 0 Å². The smallest absolute Gasteiger partial charge is 0.231 e. The number of aromatic hydroxyl groups is 1. The predicted molar refractivity (Wildman–Crippen MR) is 85.8 cm³/mol. The van der Waals surface area contributed by atoms with Gasteiger partial charge in [-0.2, -0.15) is 0 Å². The molecule has 0 atom stereocenters. The van der Waals surface area contributed by atoms with Crippen LogP contribution in [0.25, 0.3) is 0 Å². The molecule has 3 rings (SSSR count). The second-order valence-electron chi connectivity index (χ2n) is 4.76. The van der Waals surface area contributed by atoms with Crippen LogP contribution in [-0.4, -0.2) is 24.0 Å². The second-order valence-corrected chi connectivity index (χ2v) is 5.17. The fraction of sp³-hybridized carbons (Fsp3) is 0.188. The molecular weight excluding hydrogens is 302 g/mol. The highest BCUT2D eigenvalue weighted by Gasteiger charge is 2.13. The van der Waals surface area contributed by atoms with Gasteiger partial charge in [-0.25, -0.2) is 0 Å². The number of methoxy groups -OCH3 is 1. The molecule has 114 valence electrons. The van der Waals surface area contributed by atoms with Crippen molar-refractivity contribution < 1.29 is 19.3 Å². The Morgan fingerprint density at radius 1 is 1.23 bits per heavy atom. The molecule has 0 saturated carbocycles. The highest BCUT2D eigenvalue weighted by Crippen LogP contribution is 2.32. The first-order valence-electron chi connectivity index (χ1n) is 6.71. The molecule has 0 fully saturated rings. The van der Waals surface area contributed by atoms with Crippen molar-refractivity contribution in [3.8, 4) is 23.0 Å². The van der Waals surface area contributed by atoms with Gasteiger partial charge in [-0.1, -0.05) is 18.3 Å². The summed E-state index contributed by atoms with van der Waals surface area (Å²) in [5.41, 5.74) is 1.82. The Kier molecular flexibility index (Phi) is 4.02. The summed E-state index contributed by atoms with van der Waals surface area (Å²) < 4.78 is 15.7. The quantitative estimate of drug-likeness (QED) is 0.845. The van der Waals surface area contributed by atoms with Crippen LogP contribution in [0.3, 0.4) is 0 Å². The van der Waals surface area contributed by atoms with Crippen molar-refractivity contribution >= 4 is 17.2 Å². The van der Waals surface area contributed by atoms with Crippen molar-refractivity contribution in [1.82, 2.24) is 5.32 Å². The molecule has 0 aromatic heterocycles. The minimum absolute atomic E-state index is 0.0878. The third-order valence-corrected chi connectivity index (χ3v) is 3.71. The van der Waals surface area contributed by atoms with E-state index in [0.717, 1.165) is 22.6 Å². The standard InChI is InChI=1S/C16H15NO4S/c1-19-14-7-11(3-4-12(14)18)16(22)17-8-10-2-5-13-15(6-10)21-9-20-13/h2-7,18H,8-9H2,1H3,(H,17,22). The monoisotopic (exact) mass is 317 g/mol. The lowest BCUT2D eigenvalue weighted by molar-refractivity contribution is 0.174. The zero-order valence-electron chi connectivity index (χ0n) is 12.0. The number of ether oxygens (including phenoxy) is 3. The first-order chi connectivity index (χ1) is 10.7. The van der Waals surface area contributed by atoms with Crippen molar-refractivity contribution in [2.75, 3.05) is 13.9 Å². The maximum Gasteiger partial charge on any atom is 0.231 e. The van der Waals surface area contributed by atoms with Gasteiger partial charge in [0.05, 0.1) is 7.11 Å². The third kappa shape index (κ3) is 2.92. The minimum Gasteiger partial charge on any atom is -0.504 e. The van der Waals surface area contributed by atoms with Gasteiger partial charge in [0.25, 0.3) is 0 Å². The van der Waals surface area contributed by atoms with Crippen molar-refractivity contribution in [1.29, 1.82) is 0 Å². The highest BCUT2D eigenvalue weighted by molar-refractivity contribution is 7.80. The maximum atomic E-state index is 9.60. The summed E-state index contributed by atoms with van der Waals surface area (Å²) in [6, 6.07) is 10.8. The number of benzene rings is 2. The summed E-state index contributed by atoms with van der Waals surface area (Å²) >= 11 is 5.37. The molecule has 6 heteroatoms. The zero-order chi connectivity index (χ0) is 15.5. The first-order valence-corrected chi connectivity index (χ1v) is 7.12. The number of hydrogen-bond donors (Lipinski definition) is 2. The van der Waals surface area contributed by atoms with Gasteiger partial charge in [-0.15, -0.1) is 0 Å². The molecule has 0 saturated heterocycles. The number of rotatable bonds is 4. The van der Waals surface area contributed by atoms with E-state index in [1.807, 2.05) is 18.2 Å². The average Bonchev–Trinajstić information content (AvgIpc) is 3.00. The van der Waals surface area contributed by atoms with Crippen LogP contribution in [0.1, 0.15) is 11.1 Å². The van der Waals surface area contributed by atoms with E-state index in [2.05, 4.69) is 5.32 Å². The minimum atomic E-state index is 0.0878. The van der Waals surface area contributed by atoms with E-state index in [1.54, 1.807) is 18.2 Å². The molecule has 0 amide bonds. The largest absolute Gasteiger partial charge is 0.504 e. The Morgan fingerprint density at radius 3 is 2.86 bits per heavy atom. The second kappa shape index (κ2) is 6.11. The van der Waals surface area contributed by atoms with E-state index < -0.39 is 0 Å². The van der Waals surface area contributed by atoms with Gasteiger partial charge >= 0.3 is 0 Å². The van der Waals surface area contributed by atoms with Gasteiger partial charge in [-0.05, 0) is 35.9 Å². The molecule has 0 unspecified atom stereocenters. The Morgan fingerprint density at radius 2 is 2.05 bits per heavy atom. The van der Waals surface area contributed by atoms with Gasteiger partial charge in [0.2, 0.25) is 6.79 Å². The zero-order valence-corrected chi connectivity index (χ0v) is 12.8. The van der Waals surface area contributed by atoms with Crippen LogP contribution in [0.4, 0.5) is 0 Å². The normalized spacial score (nSPS) is 12.0. The highest BCUT2D eigenvalue weighted by atomic mass is 32.1. The van der Waals surface area contributed by atoms with Gasteiger partial charge in [0.15, 0.2) is 23.0 Å². The molecule has 0 radical (unpaired) electrons. The summed E-state index contributed by atoms with van der Waals surface area (Å²) in [5.74, 6) is 1.99. The number of hydrogen-bond acceptors (Lipinski definition) is 5. The van der Waals surface area contributed by atoms with Crippen molar-refractivity contribution in [3.05, 3.63) is 47.5 Å². The Balaban J connectivity index is 1.67. The van der Waals surface area contributed by atoms with Crippen molar-refractivity contribution in [2.45, 2.75) is 6.54 Å². The van der Waals surface area contributed by atoms with Gasteiger partial charge in [0.1, 0.15) is 4.99 Å². The summed E-state index contributed by atoms with van der Waals surface area (Å²) in [6.45, 7) is 0.830. The summed E-state index contributed by atoms with van der Waals surface area (Å²) in [6.07, 6.45) is 0. The van der Waals surface area contributed by atoms with Crippen LogP contribution < -0.4 is 19.5 Å². The van der Waals surface area contributed by atoms with Gasteiger partial charge in [-0.3, -0.25) is 0 Å². The SMILES string of the molecule is COc1cc(C(=S)NCc2ccc3c(c2)OCO3)ccc1O. The molecule has 5 nitrogen and oxygen atoms in total. The molecule has 2 aromatic carbocycles. The van der Waals surface area contributed by atoms with E-state index in [1.165, 1.54) is 7.11 Å². The Labute approximate surface area is 133 Å². The van der Waals surface area contributed by atoms with Crippen LogP contribution in [0.5, 0.6) is 23.0 Å². The Bertz CT molecular complexity index is 717. The molecule has 0 bridgehead atoms. The number of thiocarbonyl (C=S) groups is 1. The van der Waals surface area contributed by atoms with E-state index in [4.69, 9.17) is 26.4 Å². The lowest BCUT2D eigenvalue weighted by Gasteiger charge is -2.10. The average molecular weight is 317 g/mol. The van der Waals surface area contributed by atoms with E-state index >= 15 is 0 Å². The molecule has 0 aliphatic carbocycles. The summed E-state index contributed by atoms with van der Waals surface area (Å²) in [4.78, 5) is 0.580. The first kappa shape index (κ1) is 14.5. The number of fused-ring (bicyclic) bond motifs is 1. The molecule has 2 N–H and O–H groups in total. The predicted octanol–water partition coefficient (Wildman–Crippen LogP) is 2.59. The summed E-state index contributed by atoms with van der Waals surface area (Å²) in [5, 5.41) is 12.8. The van der Waals surface area contributed by atoms with Crippen LogP contribution in [0, 0.1) is 0 Å². The molecule has 22 heavy (non-hydrogen) atoms. The molecule has 1 heterocycles. The summed E-state index contributed by atoms with van der Waals surface area (Å²) in [7, 11) is 1.50. The van der Waals surface area contributed by atoms with Crippen LogP contribution >= 0.6 is 12.2 Å². The number of phenolic OH excluding ortho intramolecular Hbond substituents is 1. The number of phenols is 1. The molecule has 0 spiro atoms. The lowest BCUT2D eigenvalue weighted by atomic mass is 10.1. The number of nitrogens with one attached hydrogen (secondary N) is 1. The van der Waals surface area contributed by atoms with Crippen LogP contribution in [-0.2, 0) is 6.54 Å². The third-order valence-electron chi connectivity index (χ3n) is 3.33. The van der Waals surface area contributed by atoms with E-state index in [0.29, 0.717) is 17.3 Å². The van der Waals surface area contributed by atoms with Crippen LogP contribution in [0.15, 0.2) is 36.4 Å². The molecule has 1 aliphatic rings. The molecule has 2 aromatic rings. The molecule has 1 aliphatic heterocycles. The van der Waals surface area contributed by atoms with Gasteiger partial charge in [0, 0.05) is 12.1 Å². The van der Waals surface area contributed by atoms with Crippen molar-refractivity contribution in [2.24, 2.45) is 0 Å². The topological polar surface area (TPSA) is 60.0 Å². The fourth-order valence-electron chi connectivity index (χ4n) is 2.15. The van der Waals surface area contributed by atoms with E-state index in [9.17, 15) is 5.11 Å². The lowest BCUT2D eigenvalue weighted by Crippen LogP contribution is -2.21. The van der Waals surface area contributed by atoms with E-state index in [-0.39, 0.29) is 12.5 Å².